The fourth-order valence-electron chi connectivity index (χ4n) is 9.52. The lowest BCUT2D eigenvalue weighted by molar-refractivity contribution is 0.354. The summed E-state index contributed by atoms with van der Waals surface area (Å²) in [7, 11) is 0. The van der Waals surface area contributed by atoms with Crippen LogP contribution in [0.2, 0.25) is 0 Å². The lowest BCUT2D eigenvalue weighted by Gasteiger charge is -2.36. The Kier molecular flexibility index (Phi) is 5.60. The SMILES string of the molecule is c1ccc2c(c1)-c1c(c3c(c4ccccc14)c1ccccc1n3-c1nc(-c3ccc4ccccc4c3)c3ccccc3n1)C21CCCCC1. The van der Waals surface area contributed by atoms with E-state index in [1.165, 1.54) is 79.4 Å². The molecule has 232 valence electrons. The second-order valence-electron chi connectivity index (χ2n) is 14.0. The fraction of sp³-hybridized carbons (Fsp3) is 0.130. The zero-order valence-corrected chi connectivity index (χ0v) is 27.2. The summed E-state index contributed by atoms with van der Waals surface area (Å²) in [6.07, 6.45) is 6.09. The van der Waals surface area contributed by atoms with E-state index in [1.54, 1.807) is 0 Å². The number of fused-ring (bicyclic) bond motifs is 14. The summed E-state index contributed by atoms with van der Waals surface area (Å²) in [5, 5.41) is 8.71. The molecule has 7 aromatic carbocycles. The van der Waals surface area contributed by atoms with Gasteiger partial charge in [0.1, 0.15) is 0 Å². The smallest absolute Gasteiger partial charge is 0.235 e. The van der Waals surface area contributed by atoms with Crippen LogP contribution in [0.4, 0.5) is 0 Å². The van der Waals surface area contributed by atoms with Crippen molar-refractivity contribution >= 4 is 54.3 Å². The normalized spacial score (nSPS) is 15.1. The first-order valence-electron chi connectivity index (χ1n) is 17.6. The quantitative estimate of drug-likeness (QED) is 0.191. The first kappa shape index (κ1) is 27.2. The van der Waals surface area contributed by atoms with Crippen molar-refractivity contribution in [3.05, 3.63) is 151 Å². The maximum absolute atomic E-state index is 5.56. The molecule has 0 N–H and O–H groups in total. The molecule has 0 atom stereocenters. The molecule has 0 amide bonds. The number of benzene rings is 7. The predicted octanol–water partition coefficient (Wildman–Crippen LogP) is 11.9. The molecule has 9 aromatic rings. The minimum absolute atomic E-state index is 0.0450. The van der Waals surface area contributed by atoms with Crippen LogP contribution in [0.5, 0.6) is 0 Å². The van der Waals surface area contributed by atoms with E-state index in [0.29, 0.717) is 0 Å². The van der Waals surface area contributed by atoms with Crippen LogP contribution in [0.15, 0.2) is 140 Å². The van der Waals surface area contributed by atoms with Crippen LogP contribution in [0, 0.1) is 0 Å². The van der Waals surface area contributed by atoms with E-state index >= 15 is 0 Å². The monoisotopic (exact) mass is 627 g/mol. The van der Waals surface area contributed by atoms with Gasteiger partial charge < -0.3 is 0 Å². The Balaban J connectivity index is 1.33. The van der Waals surface area contributed by atoms with Crippen molar-refractivity contribution in [1.29, 1.82) is 0 Å². The highest BCUT2D eigenvalue weighted by Crippen LogP contribution is 2.60. The second-order valence-corrected chi connectivity index (χ2v) is 14.0. The molecule has 0 unspecified atom stereocenters. The Morgan fingerprint density at radius 1 is 0.551 bits per heavy atom. The summed E-state index contributed by atoms with van der Waals surface area (Å²) >= 11 is 0. The Bertz CT molecular complexity index is 2820. The van der Waals surface area contributed by atoms with Gasteiger partial charge in [-0.25, -0.2) is 9.97 Å². The van der Waals surface area contributed by atoms with Crippen LogP contribution in [0.1, 0.15) is 43.2 Å². The number of hydrogen-bond acceptors (Lipinski definition) is 2. The van der Waals surface area contributed by atoms with Crippen molar-refractivity contribution in [2.75, 3.05) is 0 Å². The summed E-state index contributed by atoms with van der Waals surface area (Å²) in [4.78, 5) is 11.0. The average Bonchev–Trinajstić information content (AvgIpc) is 3.65. The molecule has 2 aromatic heterocycles. The molecule has 3 heteroatoms. The zero-order chi connectivity index (χ0) is 32.1. The van der Waals surface area contributed by atoms with Gasteiger partial charge in [0.05, 0.1) is 22.2 Å². The average molecular weight is 628 g/mol. The largest absolute Gasteiger partial charge is 0.278 e. The van der Waals surface area contributed by atoms with Gasteiger partial charge in [-0.15, -0.1) is 0 Å². The summed E-state index contributed by atoms with van der Waals surface area (Å²) in [6, 6.07) is 51.0. The van der Waals surface area contributed by atoms with Crippen molar-refractivity contribution in [2.45, 2.75) is 37.5 Å². The third-order valence-corrected chi connectivity index (χ3v) is 11.5. The number of hydrogen-bond donors (Lipinski definition) is 0. The van der Waals surface area contributed by atoms with Gasteiger partial charge in [-0.2, -0.15) is 0 Å². The lowest BCUT2D eigenvalue weighted by atomic mass is 9.67. The van der Waals surface area contributed by atoms with Gasteiger partial charge in [-0.3, -0.25) is 4.57 Å². The molecule has 11 rings (SSSR count). The molecule has 0 bridgehead atoms. The van der Waals surface area contributed by atoms with E-state index < -0.39 is 0 Å². The molecular formula is C46H33N3. The molecule has 0 aliphatic heterocycles. The van der Waals surface area contributed by atoms with Gasteiger partial charge in [0.25, 0.3) is 0 Å². The van der Waals surface area contributed by atoms with Crippen LogP contribution in [-0.2, 0) is 5.41 Å². The highest BCUT2D eigenvalue weighted by molar-refractivity contribution is 6.27. The third kappa shape index (κ3) is 3.68. The molecule has 0 saturated heterocycles. The Morgan fingerprint density at radius 2 is 1.24 bits per heavy atom. The van der Waals surface area contributed by atoms with E-state index in [9.17, 15) is 0 Å². The van der Waals surface area contributed by atoms with E-state index in [2.05, 4.69) is 144 Å². The molecular weight excluding hydrogens is 595 g/mol. The van der Waals surface area contributed by atoms with Gasteiger partial charge in [0.15, 0.2) is 0 Å². The summed E-state index contributed by atoms with van der Waals surface area (Å²) in [6.45, 7) is 0. The number of rotatable bonds is 2. The van der Waals surface area contributed by atoms with Crippen molar-refractivity contribution < 1.29 is 0 Å². The van der Waals surface area contributed by atoms with Gasteiger partial charge in [0.2, 0.25) is 5.95 Å². The molecule has 1 fully saturated rings. The number of nitrogens with zero attached hydrogens (tertiary/aromatic N) is 3. The molecule has 49 heavy (non-hydrogen) atoms. The van der Waals surface area contributed by atoms with Crippen LogP contribution < -0.4 is 0 Å². The third-order valence-electron chi connectivity index (χ3n) is 11.5. The van der Waals surface area contributed by atoms with Crippen LogP contribution in [0.25, 0.3) is 82.6 Å². The number of aromatic nitrogens is 3. The minimum Gasteiger partial charge on any atom is -0.278 e. The van der Waals surface area contributed by atoms with Crippen molar-refractivity contribution in [1.82, 2.24) is 14.5 Å². The summed E-state index contributed by atoms with van der Waals surface area (Å²) in [5.74, 6) is 0.729. The minimum atomic E-state index is -0.0450. The number of para-hydroxylation sites is 2. The van der Waals surface area contributed by atoms with E-state index in [0.717, 1.165) is 46.5 Å². The molecule has 1 saturated carbocycles. The topological polar surface area (TPSA) is 30.7 Å². The highest BCUT2D eigenvalue weighted by Gasteiger charge is 2.47. The first-order valence-corrected chi connectivity index (χ1v) is 17.6. The first-order chi connectivity index (χ1) is 24.3. The van der Waals surface area contributed by atoms with Gasteiger partial charge in [-0.1, -0.05) is 141 Å². The van der Waals surface area contributed by atoms with Crippen molar-refractivity contribution in [3.8, 4) is 28.3 Å². The predicted molar refractivity (Wildman–Crippen MR) is 204 cm³/mol. The molecule has 2 aliphatic rings. The van der Waals surface area contributed by atoms with Crippen LogP contribution in [0.3, 0.4) is 0 Å². The Morgan fingerprint density at radius 3 is 2.12 bits per heavy atom. The molecule has 3 nitrogen and oxygen atoms in total. The molecule has 2 aliphatic carbocycles. The maximum atomic E-state index is 5.56. The van der Waals surface area contributed by atoms with Crippen molar-refractivity contribution in [3.63, 3.8) is 0 Å². The van der Waals surface area contributed by atoms with E-state index in [-0.39, 0.29) is 5.41 Å². The fourth-order valence-corrected chi connectivity index (χ4v) is 9.52. The molecule has 0 radical (unpaired) electrons. The van der Waals surface area contributed by atoms with Gasteiger partial charge in [-0.05, 0) is 74.8 Å². The standard InChI is InChI=1S/C46H33N3/c1-12-26-46(27-13-1)37-21-9-6-18-34(37)40-32-16-4-5-17-33(32)41-36-20-8-11-23-39(36)49(44(41)42(40)46)45-47-38-22-10-7-19-35(38)43(48-45)31-25-24-29-14-2-3-15-30(29)28-31/h2-11,14-25,28H,1,12-13,26-27H2. The summed E-state index contributed by atoms with van der Waals surface area (Å²) in [5.41, 5.74) is 11.2. The summed E-state index contributed by atoms with van der Waals surface area (Å²) < 4.78 is 2.43. The van der Waals surface area contributed by atoms with Crippen molar-refractivity contribution in [2.24, 2.45) is 0 Å². The van der Waals surface area contributed by atoms with Gasteiger partial charge >= 0.3 is 0 Å². The van der Waals surface area contributed by atoms with Crippen LogP contribution >= 0.6 is 0 Å². The van der Waals surface area contributed by atoms with E-state index in [4.69, 9.17) is 9.97 Å². The molecule has 2 heterocycles. The van der Waals surface area contributed by atoms with Crippen LogP contribution in [-0.4, -0.2) is 14.5 Å². The van der Waals surface area contributed by atoms with Gasteiger partial charge in [0, 0.05) is 27.1 Å². The Hall–Kier alpha value is -5.80. The second kappa shape index (κ2) is 10.1. The van der Waals surface area contributed by atoms with E-state index in [1.807, 2.05) is 0 Å². The Labute approximate surface area is 284 Å². The zero-order valence-electron chi connectivity index (χ0n) is 27.2. The lowest BCUT2D eigenvalue weighted by Crippen LogP contribution is -2.28. The highest BCUT2D eigenvalue weighted by atomic mass is 15.2. The molecule has 1 spiro atoms. The maximum Gasteiger partial charge on any atom is 0.235 e.